The van der Waals surface area contributed by atoms with Gasteiger partial charge in [0.15, 0.2) is 0 Å². The van der Waals surface area contributed by atoms with E-state index in [1.165, 1.54) is 10.5 Å². The molecule has 1 amide bonds. The maximum atomic E-state index is 12.7. The Hall–Kier alpha value is -1.04. The van der Waals surface area contributed by atoms with Crippen LogP contribution in [0.5, 0.6) is 0 Å². The Balaban J connectivity index is 1.51. The average Bonchev–Trinajstić information content (AvgIpc) is 2.98. The zero-order chi connectivity index (χ0) is 15.5. The van der Waals surface area contributed by atoms with Gasteiger partial charge in [0.2, 0.25) is 5.91 Å². The molecule has 2 atom stereocenters. The van der Waals surface area contributed by atoms with Gasteiger partial charge >= 0.3 is 0 Å². The molecule has 3 rings (SSSR count). The fourth-order valence-electron chi connectivity index (χ4n) is 3.10. The van der Waals surface area contributed by atoms with Crippen molar-refractivity contribution in [2.75, 3.05) is 32.7 Å². The van der Waals surface area contributed by atoms with E-state index >= 15 is 0 Å². The van der Waals surface area contributed by atoms with Crippen molar-refractivity contribution in [1.29, 1.82) is 0 Å². The molecule has 2 heterocycles. The number of hydrogen-bond acceptors (Lipinski definition) is 4. The number of carbonyl (C=O) groups is 1. The Kier molecular flexibility index (Phi) is 5.06. The van der Waals surface area contributed by atoms with Gasteiger partial charge in [-0.25, -0.2) is 0 Å². The molecule has 0 bridgehead atoms. The second-order valence-corrected chi connectivity index (χ2v) is 7.35. The number of benzene rings is 1. The summed E-state index contributed by atoms with van der Waals surface area (Å²) in [6, 6.07) is 8.32. The average molecular weight is 320 g/mol. The molecule has 120 valence electrons. The molecule has 0 radical (unpaired) electrons. The molecule has 0 unspecified atom stereocenters. The van der Waals surface area contributed by atoms with Crippen molar-refractivity contribution in [3.05, 3.63) is 29.8 Å². The number of aliphatic hydroxyl groups is 1. The number of thioether (sulfide) groups is 1. The second kappa shape index (κ2) is 7.02. The van der Waals surface area contributed by atoms with Crippen molar-refractivity contribution in [2.45, 2.75) is 36.0 Å². The van der Waals surface area contributed by atoms with E-state index in [0.29, 0.717) is 0 Å². The van der Waals surface area contributed by atoms with Gasteiger partial charge in [-0.2, -0.15) is 0 Å². The smallest absolute Gasteiger partial charge is 0.236 e. The molecular weight excluding hydrogens is 296 g/mol. The molecule has 0 aromatic heterocycles. The van der Waals surface area contributed by atoms with Crippen LogP contribution in [-0.4, -0.2) is 64.9 Å². The molecule has 1 saturated heterocycles. The molecule has 2 aliphatic heterocycles. The molecule has 1 N–H and O–H groups in total. The lowest BCUT2D eigenvalue weighted by Gasteiger charge is -2.36. The van der Waals surface area contributed by atoms with Crippen LogP contribution >= 0.6 is 11.8 Å². The van der Waals surface area contributed by atoms with Gasteiger partial charge in [-0.05, 0) is 24.5 Å². The quantitative estimate of drug-likeness (QED) is 0.915. The van der Waals surface area contributed by atoms with Crippen LogP contribution in [0.15, 0.2) is 29.2 Å². The Morgan fingerprint density at radius 3 is 2.73 bits per heavy atom. The molecule has 4 nitrogen and oxygen atoms in total. The molecule has 0 aliphatic carbocycles. The van der Waals surface area contributed by atoms with Gasteiger partial charge in [0.05, 0.1) is 11.4 Å². The Labute approximate surface area is 136 Å². The Morgan fingerprint density at radius 1 is 1.32 bits per heavy atom. The van der Waals surface area contributed by atoms with Gasteiger partial charge in [0.25, 0.3) is 0 Å². The van der Waals surface area contributed by atoms with Crippen LogP contribution in [0.1, 0.15) is 18.9 Å². The number of amides is 1. The molecule has 1 aromatic carbocycles. The number of hydrogen-bond donors (Lipinski definition) is 1. The second-order valence-electron chi connectivity index (χ2n) is 6.11. The number of piperazine rings is 1. The first-order chi connectivity index (χ1) is 10.7. The molecule has 2 aliphatic rings. The lowest BCUT2D eigenvalue weighted by Crippen LogP contribution is -2.52. The molecular formula is C17H24N2O2S. The summed E-state index contributed by atoms with van der Waals surface area (Å²) in [7, 11) is 0. The number of β-amino-alcohol motifs (C(OH)–C–C–N with tert-alkyl or cyclic N) is 1. The van der Waals surface area contributed by atoms with Gasteiger partial charge in [-0.3, -0.25) is 9.69 Å². The van der Waals surface area contributed by atoms with E-state index in [-0.39, 0.29) is 17.3 Å². The molecule has 1 aromatic rings. The summed E-state index contributed by atoms with van der Waals surface area (Å²) in [4.78, 5) is 18.2. The summed E-state index contributed by atoms with van der Waals surface area (Å²) >= 11 is 1.71. The lowest BCUT2D eigenvalue weighted by molar-refractivity contribution is -0.132. The van der Waals surface area contributed by atoms with Crippen molar-refractivity contribution < 1.29 is 9.90 Å². The number of nitrogens with zero attached hydrogens (tertiary/aromatic N) is 2. The Morgan fingerprint density at radius 2 is 2.05 bits per heavy atom. The fourth-order valence-corrected chi connectivity index (χ4v) is 4.38. The first-order valence-corrected chi connectivity index (χ1v) is 8.99. The number of rotatable bonds is 4. The van der Waals surface area contributed by atoms with Crippen LogP contribution in [0.2, 0.25) is 0 Å². The number of carbonyl (C=O) groups excluding carboxylic acids is 1. The lowest BCUT2D eigenvalue weighted by atomic mass is 10.1. The highest BCUT2D eigenvalue weighted by Gasteiger charge is 2.32. The predicted molar refractivity (Wildman–Crippen MR) is 89.1 cm³/mol. The topological polar surface area (TPSA) is 43.8 Å². The number of fused-ring (bicyclic) bond motifs is 1. The third-order valence-electron chi connectivity index (χ3n) is 4.55. The van der Waals surface area contributed by atoms with Crippen LogP contribution < -0.4 is 0 Å². The molecule has 5 heteroatoms. The van der Waals surface area contributed by atoms with E-state index in [2.05, 4.69) is 17.0 Å². The van der Waals surface area contributed by atoms with Crippen LogP contribution in [0, 0.1) is 0 Å². The highest BCUT2D eigenvalue weighted by Crippen LogP contribution is 2.37. The summed E-state index contributed by atoms with van der Waals surface area (Å²) in [5.41, 5.74) is 1.30. The summed E-state index contributed by atoms with van der Waals surface area (Å²) in [6.45, 7) is 6.02. The van der Waals surface area contributed by atoms with Gasteiger partial charge in [0, 0.05) is 37.6 Å². The van der Waals surface area contributed by atoms with Gasteiger partial charge in [-0.15, -0.1) is 11.8 Å². The van der Waals surface area contributed by atoms with Crippen LogP contribution in [-0.2, 0) is 11.2 Å². The summed E-state index contributed by atoms with van der Waals surface area (Å²) in [6.07, 6.45) is 1.40. The van der Waals surface area contributed by atoms with Crippen molar-refractivity contribution in [2.24, 2.45) is 0 Å². The molecule has 22 heavy (non-hydrogen) atoms. The van der Waals surface area contributed by atoms with Crippen molar-refractivity contribution in [3.63, 3.8) is 0 Å². The third kappa shape index (κ3) is 3.47. The summed E-state index contributed by atoms with van der Waals surface area (Å²) < 4.78 is 0. The highest BCUT2D eigenvalue weighted by atomic mass is 32.2. The van der Waals surface area contributed by atoms with Gasteiger partial charge in [0.1, 0.15) is 0 Å². The maximum Gasteiger partial charge on any atom is 0.236 e. The minimum Gasteiger partial charge on any atom is -0.392 e. The SMILES string of the molecule is CC[C@@H](O)CN1CCN(C(=O)[C@H]2Cc3ccccc3S2)CC1. The third-order valence-corrected chi connectivity index (χ3v) is 5.85. The van der Waals surface area contributed by atoms with E-state index < -0.39 is 0 Å². The van der Waals surface area contributed by atoms with Crippen LogP contribution in [0.3, 0.4) is 0 Å². The van der Waals surface area contributed by atoms with Crippen molar-refractivity contribution in [3.8, 4) is 0 Å². The van der Waals surface area contributed by atoms with Crippen LogP contribution in [0.25, 0.3) is 0 Å². The standard InChI is InChI=1S/C17H24N2O2S/c1-2-14(20)12-18-7-9-19(10-8-18)17(21)16-11-13-5-3-4-6-15(13)22-16/h3-6,14,16,20H,2,7-12H2,1H3/t14-,16-/m1/s1. The molecule has 1 fully saturated rings. The highest BCUT2D eigenvalue weighted by molar-refractivity contribution is 8.01. The molecule has 0 saturated carbocycles. The number of aliphatic hydroxyl groups excluding tert-OH is 1. The van der Waals surface area contributed by atoms with Gasteiger partial charge < -0.3 is 10.0 Å². The van der Waals surface area contributed by atoms with E-state index in [9.17, 15) is 9.90 Å². The van der Waals surface area contributed by atoms with E-state index in [1.807, 2.05) is 24.0 Å². The normalized spacial score (nSPS) is 23.4. The van der Waals surface area contributed by atoms with Crippen molar-refractivity contribution in [1.82, 2.24) is 9.80 Å². The fraction of sp³-hybridized carbons (Fsp3) is 0.588. The maximum absolute atomic E-state index is 12.7. The zero-order valence-electron chi connectivity index (χ0n) is 13.1. The largest absolute Gasteiger partial charge is 0.392 e. The minimum absolute atomic E-state index is 0.0465. The van der Waals surface area contributed by atoms with E-state index in [1.54, 1.807) is 11.8 Å². The first-order valence-electron chi connectivity index (χ1n) is 8.11. The van der Waals surface area contributed by atoms with Crippen molar-refractivity contribution >= 4 is 17.7 Å². The molecule has 0 spiro atoms. The van der Waals surface area contributed by atoms with Crippen LogP contribution in [0.4, 0.5) is 0 Å². The van der Waals surface area contributed by atoms with Gasteiger partial charge in [-0.1, -0.05) is 25.1 Å². The Bertz CT molecular complexity index is 504. The summed E-state index contributed by atoms with van der Waals surface area (Å²) in [5.74, 6) is 0.275. The summed E-state index contributed by atoms with van der Waals surface area (Å²) in [5, 5.41) is 9.78. The predicted octanol–water partition coefficient (Wildman–Crippen LogP) is 1.62. The van der Waals surface area contributed by atoms with E-state index in [4.69, 9.17) is 0 Å². The first kappa shape index (κ1) is 15.8. The van der Waals surface area contributed by atoms with E-state index in [0.717, 1.165) is 45.6 Å². The monoisotopic (exact) mass is 320 g/mol. The minimum atomic E-state index is -0.248. The zero-order valence-corrected chi connectivity index (χ0v) is 13.9.